The molecule has 7 rings (SSSR count). The monoisotopic (exact) mass is 620 g/mol. The maximum Gasteiger partial charge on any atom is 0.261 e. The fraction of sp³-hybridized carbons (Fsp3) is 0.282. The molecule has 0 saturated carbocycles. The number of unbranched alkanes of at least 4 members (excludes halogenated alkanes) is 2. The van der Waals surface area contributed by atoms with Crippen LogP contribution >= 0.6 is 0 Å². The summed E-state index contributed by atoms with van der Waals surface area (Å²) in [6.07, 6.45) is 6.35. The summed E-state index contributed by atoms with van der Waals surface area (Å²) in [6, 6.07) is 13.7. The van der Waals surface area contributed by atoms with Gasteiger partial charge in [-0.15, -0.1) is 6.58 Å². The second-order valence-electron chi connectivity index (χ2n) is 12.6. The van der Waals surface area contributed by atoms with Gasteiger partial charge in [0, 0.05) is 49.5 Å². The lowest BCUT2D eigenvalue weighted by Gasteiger charge is -2.34. The zero-order chi connectivity index (χ0) is 33.3. The fourth-order valence-electron chi connectivity index (χ4n) is 7.78. The van der Waals surface area contributed by atoms with Crippen LogP contribution in [0.1, 0.15) is 112 Å². The van der Waals surface area contributed by atoms with Crippen LogP contribution in [-0.4, -0.2) is 45.5 Å². The van der Waals surface area contributed by atoms with Crippen molar-refractivity contribution in [1.82, 2.24) is 9.80 Å². The highest BCUT2D eigenvalue weighted by atomic mass is 16.2. The predicted molar refractivity (Wildman–Crippen MR) is 181 cm³/mol. The smallest absolute Gasteiger partial charge is 0.261 e. The van der Waals surface area contributed by atoms with Crippen LogP contribution < -0.4 is 0 Å². The number of nitrogens with zero attached hydrogens (tertiary/aromatic N) is 4. The molecule has 0 aromatic heterocycles. The van der Waals surface area contributed by atoms with Gasteiger partial charge in [-0.05, 0) is 54.8 Å². The van der Waals surface area contributed by atoms with E-state index < -0.39 is 23.8 Å². The fourth-order valence-corrected chi connectivity index (χ4v) is 7.78. The molecular weight excluding hydrogens is 588 g/mol. The number of hydrogen-bond donors (Lipinski definition) is 0. The zero-order valence-corrected chi connectivity index (χ0v) is 26.6. The normalized spacial score (nSPS) is 15.6. The molecule has 4 amide bonds. The number of nitriles is 2. The average Bonchev–Trinajstić information content (AvgIpc) is 3.08. The van der Waals surface area contributed by atoms with Gasteiger partial charge < -0.3 is 0 Å². The second kappa shape index (κ2) is 11.0. The van der Waals surface area contributed by atoms with Gasteiger partial charge in [-0.2, -0.15) is 10.5 Å². The third-order valence-corrected chi connectivity index (χ3v) is 10.0. The van der Waals surface area contributed by atoms with Gasteiger partial charge in [-0.1, -0.05) is 57.7 Å². The van der Waals surface area contributed by atoms with Crippen molar-refractivity contribution in [2.75, 3.05) is 0 Å². The SMILES string of the molecule is C=C[C@@H](CCCC)N1C(=O)c2ccc3c4c(C#N)cc5c6c(ccc(c7c(C#N)cc(c2c37)C1=O)c64)C(=O)N([C@@H](C)CCCC)C5=O. The summed E-state index contributed by atoms with van der Waals surface area (Å²) in [5.41, 5.74) is 1.68. The molecule has 8 heteroatoms. The Bertz CT molecular complexity index is 2340. The number of carbonyl (C=O) groups is 4. The quantitative estimate of drug-likeness (QED) is 0.0712. The minimum atomic E-state index is -0.502. The first-order valence-corrected chi connectivity index (χ1v) is 16.2. The number of amides is 4. The summed E-state index contributed by atoms with van der Waals surface area (Å²) in [6.45, 7) is 9.85. The molecule has 2 aliphatic rings. The molecule has 0 unspecified atom stereocenters. The lowest BCUT2D eigenvalue weighted by atomic mass is 9.79. The molecule has 2 aliphatic heterocycles. The molecule has 8 nitrogen and oxygen atoms in total. The van der Waals surface area contributed by atoms with E-state index in [4.69, 9.17) is 0 Å². The Morgan fingerprint density at radius 1 is 0.660 bits per heavy atom. The van der Waals surface area contributed by atoms with E-state index in [-0.39, 0.29) is 34.2 Å². The van der Waals surface area contributed by atoms with Gasteiger partial charge in [0.1, 0.15) is 0 Å². The number of rotatable bonds is 9. The van der Waals surface area contributed by atoms with Gasteiger partial charge in [0.05, 0.1) is 40.4 Å². The molecule has 0 saturated heterocycles. The highest BCUT2D eigenvalue weighted by Gasteiger charge is 2.40. The number of fused-ring (bicyclic) bond motifs is 2. The van der Waals surface area contributed by atoms with Crippen molar-refractivity contribution in [1.29, 1.82) is 10.5 Å². The van der Waals surface area contributed by atoms with Gasteiger partial charge in [0.25, 0.3) is 23.6 Å². The molecule has 232 valence electrons. The van der Waals surface area contributed by atoms with Gasteiger partial charge >= 0.3 is 0 Å². The summed E-state index contributed by atoms with van der Waals surface area (Å²) in [4.78, 5) is 58.7. The lowest BCUT2D eigenvalue weighted by Crippen LogP contribution is -2.46. The van der Waals surface area contributed by atoms with Crippen molar-refractivity contribution in [3.63, 3.8) is 0 Å². The maximum atomic E-state index is 14.1. The van der Waals surface area contributed by atoms with Crippen molar-refractivity contribution >= 4 is 66.7 Å². The standard InChI is InChI=1S/C39H32N4O4/c1-5-8-10-20(4)42-36(44)26-14-12-24-31-22(19-41)17-29-33-27(37(45)43(39(29)47)23(7-3)11-9-6-2)15-13-25(35(31)33)30-21(18-40)16-28(38(42)46)32(26)34(24)30/h7,12-17,20,23H,3,5-6,8-11H2,1-2,4H3/t20-,23-/m0/s1. The summed E-state index contributed by atoms with van der Waals surface area (Å²) in [5.74, 6) is -1.76. The topological polar surface area (TPSA) is 122 Å². The highest BCUT2D eigenvalue weighted by Crippen LogP contribution is 2.48. The molecule has 2 atom stereocenters. The third-order valence-electron chi connectivity index (χ3n) is 10.0. The van der Waals surface area contributed by atoms with E-state index in [2.05, 4.69) is 25.6 Å². The largest absolute Gasteiger partial charge is 0.272 e. The van der Waals surface area contributed by atoms with Crippen LogP contribution in [-0.2, 0) is 0 Å². The van der Waals surface area contributed by atoms with Gasteiger partial charge in [0.2, 0.25) is 0 Å². The van der Waals surface area contributed by atoms with Crippen LogP contribution in [0.5, 0.6) is 0 Å². The lowest BCUT2D eigenvalue weighted by molar-refractivity contribution is 0.0534. The molecule has 5 aromatic rings. The van der Waals surface area contributed by atoms with E-state index in [1.807, 2.05) is 13.8 Å². The molecule has 0 bridgehead atoms. The van der Waals surface area contributed by atoms with E-state index in [0.717, 1.165) is 25.7 Å². The molecule has 0 radical (unpaired) electrons. The van der Waals surface area contributed by atoms with E-state index in [1.54, 1.807) is 42.5 Å². The van der Waals surface area contributed by atoms with Crippen molar-refractivity contribution < 1.29 is 19.2 Å². The molecule has 0 aliphatic carbocycles. The average molecular weight is 621 g/mol. The van der Waals surface area contributed by atoms with Crippen molar-refractivity contribution in [3.8, 4) is 12.1 Å². The van der Waals surface area contributed by atoms with E-state index in [9.17, 15) is 29.7 Å². The van der Waals surface area contributed by atoms with Crippen molar-refractivity contribution in [3.05, 3.63) is 82.4 Å². The first-order chi connectivity index (χ1) is 22.7. The van der Waals surface area contributed by atoms with Crippen LogP contribution in [0.25, 0.3) is 43.1 Å². The minimum absolute atomic E-state index is 0.227. The summed E-state index contributed by atoms with van der Waals surface area (Å²) in [5, 5.41) is 25.2. The summed E-state index contributed by atoms with van der Waals surface area (Å²) >= 11 is 0. The van der Waals surface area contributed by atoms with Crippen LogP contribution in [0, 0.1) is 22.7 Å². The molecule has 0 fully saturated rings. The van der Waals surface area contributed by atoms with Crippen LogP contribution in [0.2, 0.25) is 0 Å². The highest BCUT2D eigenvalue weighted by molar-refractivity contribution is 6.42. The Hall–Kier alpha value is -5.60. The van der Waals surface area contributed by atoms with E-state index >= 15 is 0 Å². The second-order valence-corrected chi connectivity index (χ2v) is 12.6. The molecule has 5 aromatic carbocycles. The zero-order valence-electron chi connectivity index (χ0n) is 26.6. The maximum absolute atomic E-state index is 14.1. The van der Waals surface area contributed by atoms with Crippen molar-refractivity contribution in [2.45, 2.75) is 71.4 Å². The first kappa shape index (κ1) is 30.1. The first-order valence-electron chi connectivity index (χ1n) is 16.2. The Labute approximate surface area is 271 Å². The van der Waals surface area contributed by atoms with Crippen molar-refractivity contribution in [2.24, 2.45) is 0 Å². The predicted octanol–water partition coefficient (Wildman–Crippen LogP) is 8.00. The molecular formula is C39H32N4O4. The number of imide groups is 2. The Morgan fingerprint density at radius 2 is 1.11 bits per heavy atom. The number of benzene rings is 5. The Balaban J connectivity index is 1.59. The minimum Gasteiger partial charge on any atom is -0.272 e. The summed E-state index contributed by atoms with van der Waals surface area (Å²) in [7, 11) is 0. The van der Waals surface area contributed by atoms with Gasteiger partial charge in [-0.25, -0.2) is 0 Å². The Kier molecular flexibility index (Phi) is 7.06. The number of carbonyl (C=O) groups excluding carboxylic acids is 4. The van der Waals surface area contributed by atoms with E-state index in [1.165, 1.54) is 9.80 Å². The molecule has 0 N–H and O–H groups in total. The third kappa shape index (κ3) is 3.98. The molecule has 2 heterocycles. The van der Waals surface area contributed by atoms with Crippen LogP contribution in [0.4, 0.5) is 0 Å². The molecule has 47 heavy (non-hydrogen) atoms. The number of hydrogen-bond acceptors (Lipinski definition) is 6. The van der Waals surface area contributed by atoms with Gasteiger partial charge in [0.15, 0.2) is 0 Å². The van der Waals surface area contributed by atoms with Gasteiger partial charge in [-0.3, -0.25) is 29.0 Å². The molecule has 0 spiro atoms. The van der Waals surface area contributed by atoms with E-state index in [0.29, 0.717) is 67.1 Å². The van der Waals surface area contributed by atoms with Crippen LogP contribution in [0.15, 0.2) is 49.1 Å². The summed E-state index contributed by atoms with van der Waals surface area (Å²) < 4.78 is 0. The van der Waals surface area contributed by atoms with Crippen LogP contribution in [0.3, 0.4) is 0 Å². The Morgan fingerprint density at radius 3 is 1.57 bits per heavy atom.